The molecular formula is C16H12ClN3O3S. The lowest BCUT2D eigenvalue weighted by molar-refractivity contribution is 0.166. The second-order valence-corrected chi connectivity index (χ2v) is 6.47. The summed E-state index contributed by atoms with van der Waals surface area (Å²) in [7, 11) is 1.57. The second kappa shape index (κ2) is 5.94. The number of nitrogens with one attached hydrogen (secondary N) is 2. The Balaban J connectivity index is 2.02. The molecule has 4 aromatic rings. The van der Waals surface area contributed by atoms with Crippen LogP contribution in [0.2, 0.25) is 5.02 Å². The summed E-state index contributed by atoms with van der Waals surface area (Å²) in [4.78, 5) is 20.3. The van der Waals surface area contributed by atoms with Crippen LogP contribution in [0.1, 0.15) is 5.76 Å². The highest BCUT2D eigenvalue weighted by Gasteiger charge is 2.19. The van der Waals surface area contributed by atoms with Gasteiger partial charge in [-0.2, -0.15) is 0 Å². The van der Waals surface area contributed by atoms with Gasteiger partial charge in [-0.3, -0.25) is 4.79 Å². The molecule has 6 nitrogen and oxygen atoms in total. The van der Waals surface area contributed by atoms with Crippen LogP contribution in [-0.2, 0) is 11.3 Å². The Morgan fingerprint density at radius 2 is 2.33 bits per heavy atom. The van der Waals surface area contributed by atoms with Crippen molar-refractivity contribution in [3.63, 3.8) is 0 Å². The zero-order valence-electron chi connectivity index (χ0n) is 12.6. The number of halogens is 1. The van der Waals surface area contributed by atoms with Gasteiger partial charge in [0, 0.05) is 29.1 Å². The molecule has 0 spiro atoms. The lowest BCUT2D eigenvalue weighted by Crippen LogP contribution is -2.05. The SMILES string of the molecule is COCc1oc(Nc2nccs2)c2c(=O)c3ccc(Cl)cc3[nH]c12. The molecule has 0 saturated heterocycles. The predicted molar refractivity (Wildman–Crippen MR) is 95.5 cm³/mol. The first-order chi connectivity index (χ1) is 11.7. The van der Waals surface area contributed by atoms with Crippen LogP contribution >= 0.6 is 22.9 Å². The topological polar surface area (TPSA) is 80.2 Å². The fourth-order valence-electron chi connectivity index (χ4n) is 2.62. The van der Waals surface area contributed by atoms with Crippen LogP contribution < -0.4 is 10.7 Å². The monoisotopic (exact) mass is 361 g/mol. The van der Waals surface area contributed by atoms with Crippen LogP contribution in [0.4, 0.5) is 11.0 Å². The lowest BCUT2D eigenvalue weighted by Gasteiger charge is -2.01. The molecule has 2 N–H and O–H groups in total. The Kier molecular flexibility index (Phi) is 3.76. The quantitative estimate of drug-likeness (QED) is 0.567. The van der Waals surface area contributed by atoms with Gasteiger partial charge >= 0.3 is 0 Å². The number of aromatic nitrogens is 2. The first-order valence-corrected chi connectivity index (χ1v) is 8.35. The third-order valence-corrected chi connectivity index (χ3v) is 4.55. The van der Waals surface area contributed by atoms with Gasteiger partial charge in [-0.1, -0.05) is 11.6 Å². The summed E-state index contributed by atoms with van der Waals surface area (Å²) < 4.78 is 11.0. The zero-order valence-corrected chi connectivity index (χ0v) is 14.1. The maximum absolute atomic E-state index is 12.9. The van der Waals surface area contributed by atoms with Crippen molar-refractivity contribution in [2.24, 2.45) is 0 Å². The molecule has 3 heterocycles. The molecule has 0 fully saturated rings. The highest BCUT2D eigenvalue weighted by atomic mass is 35.5. The van der Waals surface area contributed by atoms with E-state index in [9.17, 15) is 4.79 Å². The van der Waals surface area contributed by atoms with E-state index in [2.05, 4.69) is 15.3 Å². The molecule has 0 amide bonds. The molecule has 4 rings (SSSR count). The molecule has 0 bridgehead atoms. The average Bonchev–Trinajstić information content (AvgIpc) is 3.17. The summed E-state index contributed by atoms with van der Waals surface area (Å²) >= 11 is 7.45. The lowest BCUT2D eigenvalue weighted by atomic mass is 10.1. The van der Waals surface area contributed by atoms with Crippen molar-refractivity contribution in [1.29, 1.82) is 0 Å². The fourth-order valence-corrected chi connectivity index (χ4v) is 3.31. The largest absolute Gasteiger partial charge is 0.440 e. The molecule has 3 aromatic heterocycles. The number of benzene rings is 1. The maximum atomic E-state index is 12.9. The van der Waals surface area contributed by atoms with Gasteiger partial charge in [-0.05, 0) is 18.2 Å². The van der Waals surface area contributed by atoms with Crippen molar-refractivity contribution in [2.75, 3.05) is 12.4 Å². The van der Waals surface area contributed by atoms with E-state index in [1.165, 1.54) is 11.3 Å². The summed E-state index contributed by atoms with van der Waals surface area (Å²) in [6.45, 7) is 0.234. The van der Waals surface area contributed by atoms with Crippen molar-refractivity contribution in [3.8, 4) is 0 Å². The third-order valence-electron chi connectivity index (χ3n) is 3.62. The van der Waals surface area contributed by atoms with Gasteiger partial charge in [0.1, 0.15) is 12.0 Å². The van der Waals surface area contributed by atoms with E-state index in [1.54, 1.807) is 31.5 Å². The van der Waals surface area contributed by atoms with E-state index in [0.29, 0.717) is 43.6 Å². The normalized spacial score (nSPS) is 11.4. The minimum atomic E-state index is -0.138. The maximum Gasteiger partial charge on any atom is 0.212 e. The molecule has 8 heteroatoms. The van der Waals surface area contributed by atoms with Gasteiger partial charge in [-0.15, -0.1) is 11.3 Å². The van der Waals surface area contributed by atoms with E-state index in [4.69, 9.17) is 20.8 Å². The van der Waals surface area contributed by atoms with E-state index >= 15 is 0 Å². The number of ether oxygens (including phenoxy) is 1. The number of methoxy groups -OCH3 is 1. The predicted octanol–water partition coefficient (Wildman–Crippen LogP) is 4.27. The number of H-pyrrole nitrogens is 1. The van der Waals surface area contributed by atoms with Gasteiger partial charge < -0.3 is 19.5 Å². The smallest absolute Gasteiger partial charge is 0.212 e. The van der Waals surface area contributed by atoms with Gasteiger partial charge in [-0.25, -0.2) is 4.98 Å². The summed E-state index contributed by atoms with van der Waals surface area (Å²) in [5.41, 5.74) is 1.11. The summed E-state index contributed by atoms with van der Waals surface area (Å²) in [5, 5.41) is 7.07. The standard InChI is InChI=1S/C16H12ClN3O3S/c1-22-7-11-13-12(15(23-11)20-16-18-4-5-24-16)14(21)9-3-2-8(17)6-10(9)19-13/h2-6,19H,7H2,1H3,(H,18,20). The number of pyridine rings is 1. The Labute approximate surface area is 145 Å². The fraction of sp³-hybridized carbons (Fsp3) is 0.125. The summed E-state index contributed by atoms with van der Waals surface area (Å²) in [6.07, 6.45) is 1.68. The molecule has 0 unspecified atom stereocenters. The molecule has 0 aliphatic carbocycles. The molecule has 0 aliphatic heterocycles. The molecular weight excluding hydrogens is 350 g/mol. The van der Waals surface area contributed by atoms with E-state index in [1.807, 2.05) is 5.38 Å². The number of rotatable bonds is 4. The van der Waals surface area contributed by atoms with E-state index in [0.717, 1.165) is 0 Å². The third kappa shape index (κ3) is 2.47. The van der Waals surface area contributed by atoms with Gasteiger partial charge in [0.2, 0.25) is 11.3 Å². The van der Waals surface area contributed by atoms with Gasteiger partial charge in [0.05, 0.1) is 11.0 Å². The van der Waals surface area contributed by atoms with Crippen LogP contribution in [0.15, 0.2) is 39.0 Å². The van der Waals surface area contributed by atoms with Crippen LogP contribution in [0.3, 0.4) is 0 Å². The van der Waals surface area contributed by atoms with Crippen molar-refractivity contribution in [1.82, 2.24) is 9.97 Å². The Morgan fingerprint density at radius 3 is 3.08 bits per heavy atom. The number of furan rings is 1. The average molecular weight is 362 g/mol. The minimum Gasteiger partial charge on any atom is -0.440 e. The number of anilines is 2. The molecule has 122 valence electrons. The van der Waals surface area contributed by atoms with Crippen LogP contribution in [0.5, 0.6) is 0 Å². The van der Waals surface area contributed by atoms with Crippen molar-refractivity contribution in [3.05, 3.63) is 50.8 Å². The zero-order chi connectivity index (χ0) is 16.7. The Morgan fingerprint density at radius 1 is 1.46 bits per heavy atom. The number of thiazole rings is 1. The van der Waals surface area contributed by atoms with Gasteiger partial charge in [0.15, 0.2) is 10.9 Å². The first kappa shape index (κ1) is 15.2. The van der Waals surface area contributed by atoms with Crippen LogP contribution in [0.25, 0.3) is 21.8 Å². The molecule has 1 aromatic carbocycles. The number of hydrogen-bond acceptors (Lipinski definition) is 6. The summed E-state index contributed by atoms with van der Waals surface area (Å²) in [6, 6.07) is 5.11. The second-order valence-electron chi connectivity index (χ2n) is 5.14. The highest BCUT2D eigenvalue weighted by Crippen LogP contribution is 2.32. The Bertz CT molecular complexity index is 1090. The number of fused-ring (bicyclic) bond motifs is 2. The van der Waals surface area contributed by atoms with Crippen LogP contribution in [-0.4, -0.2) is 17.1 Å². The number of aromatic amines is 1. The number of hydrogen-bond donors (Lipinski definition) is 2. The van der Waals surface area contributed by atoms with Crippen molar-refractivity contribution < 1.29 is 9.15 Å². The summed E-state index contributed by atoms with van der Waals surface area (Å²) in [5.74, 6) is 0.885. The van der Waals surface area contributed by atoms with Gasteiger partial charge in [0.25, 0.3) is 0 Å². The molecule has 0 atom stereocenters. The highest BCUT2D eigenvalue weighted by molar-refractivity contribution is 7.13. The minimum absolute atomic E-state index is 0.138. The van der Waals surface area contributed by atoms with E-state index < -0.39 is 0 Å². The molecule has 24 heavy (non-hydrogen) atoms. The van der Waals surface area contributed by atoms with Crippen molar-refractivity contribution in [2.45, 2.75) is 6.61 Å². The van der Waals surface area contributed by atoms with Crippen LogP contribution in [0, 0.1) is 0 Å². The molecule has 0 radical (unpaired) electrons. The van der Waals surface area contributed by atoms with E-state index in [-0.39, 0.29) is 12.0 Å². The molecule has 0 aliphatic rings. The first-order valence-electron chi connectivity index (χ1n) is 7.09. The molecule has 0 saturated carbocycles. The number of nitrogens with zero attached hydrogens (tertiary/aromatic N) is 1. The Hall–Kier alpha value is -2.35. The van der Waals surface area contributed by atoms with Crippen molar-refractivity contribution >= 4 is 55.8 Å².